The lowest BCUT2D eigenvalue weighted by molar-refractivity contribution is -0.126. The maximum atomic E-state index is 12.8. The summed E-state index contributed by atoms with van der Waals surface area (Å²) in [6.45, 7) is 1.08. The van der Waals surface area contributed by atoms with Gasteiger partial charge in [0.15, 0.2) is 5.78 Å². The Labute approximate surface area is 183 Å². The van der Waals surface area contributed by atoms with Crippen molar-refractivity contribution >= 4 is 23.3 Å². The topological polar surface area (TPSA) is 127 Å². The van der Waals surface area contributed by atoms with E-state index >= 15 is 0 Å². The second-order valence-corrected chi connectivity index (χ2v) is 7.41. The zero-order valence-electron chi connectivity index (χ0n) is 17.8. The van der Waals surface area contributed by atoms with Crippen molar-refractivity contribution in [3.63, 3.8) is 0 Å². The fraction of sp³-hybridized carbons (Fsp3) is 0.375. The number of hydrogen-bond donors (Lipinski definition) is 4. The largest absolute Gasteiger partial charge is 0.344 e. The summed E-state index contributed by atoms with van der Waals surface area (Å²) in [6, 6.07) is 15.1. The Bertz CT molecular complexity index is 838. The summed E-state index contributed by atoms with van der Waals surface area (Å²) in [6.07, 6.45) is 3.83. The summed E-state index contributed by atoms with van der Waals surface area (Å²) in [5, 5.41) is 5.65. The normalized spacial score (nSPS) is 11.5. The fourth-order valence-electron chi connectivity index (χ4n) is 3.15. The Morgan fingerprint density at radius 2 is 1.39 bits per heavy atom. The van der Waals surface area contributed by atoms with Crippen LogP contribution in [-0.2, 0) is 9.59 Å². The van der Waals surface area contributed by atoms with Gasteiger partial charge in [-0.25, -0.2) is 0 Å². The van der Waals surface area contributed by atoms with Crippen LogP contribution < -0.4 is 22.1 Å². The molecular formula is C24H32N4O3. The van der Waals surface area contributed by atoms with Gasteiger partial charge >= 0.3 is 0 Å². The predicted molar refractivity (Wildman–Crippen MR) is 123 cm³/mol. The van der Waals surface area contributed by atoms with Crippen LogP contribution in [0.3, 0.4) is 0 Å². The molecule has 1 atom stereocenters. The first-order valence-corrected chi connectivity index (χ1v) is 10.8. The minimum atomic E-state index is -0.637. The highest BCUT2D eigenvalue weighted by atomic mass is 16.2. The van der Waals surface area contributed by atoms with E-state index in [9.17, 15) is 14.4 Å². The van der Waals surface area contributed by atoms with E-state index in [1.54, 1.807) is 36.4 Å². The van der Waals surface area contributed by atoms with Crippen molar-refractivity contribution in [3.8, 4) is 0 Å². The van der Waals surface area contributed by atoms with Crippen LogP contribution in [0.2, 0.25) is 0 Å². The third kappa shape index (κ3) is 8.32. The van der Waals surface area contributed by atoms with Gasteiger partial charge < -0.3 is 22.1 Å². The van der Waals surface area contributed by atoms with E-state index in [4.69, 9.17) is 11.5 Å². The van der Waals surface area contributed by atoms with Crippen LogP contribution >= 0.6 is 0 Å². The number of nitrogens with two attached hydrogens (primary N) is 2. The van der Waals surface area contributed by atoms with Gasteiger partial charge in [-0.05, 0) is 69.5 Å². The van der Waals surface area contributed by atoms with E-state index in [0.717, 1.165) is 19.3 Å². The van der Waals surface area contributed by atoms with Crippen LogP contribution in [0.4, 0.5) is 5.69 Å². The van der Waals surface area contributed by atoms with Crippen molar-refractivity contribution in [2.24, 2.45) is 11.5 Å². The molecule has 2 aromatic carbocycles. The number of nitrogens with one attached hydrogen (secondary N) is 2. The Kier molecular flexibility index (Phi) is 10.4. The zero-order valence-corrected chi connectivity index (χ0v) is 17.8. The first-order valence-electron chi connectivity index (χ1n) is 10.8. The minimum Gasteiger partial charge on any atom is -0.344 e. The molecule has 0 fully saturated rings. The van der Waals surface area contributed by atoms with Crippen molar-refractivity contribution in [2.75, 3.05) is 18.4 Å². The summed E-state index contributed by atoms with van der Waals surface area (Å²) in [4.78, 5) is 37.5. The highest BCUT2D eigenvalue weighted by molar-refractivity contribution is 6.09. The SMILES string of the molecule is NCCCCC(=O)N[C@@H](CCCCN)C(=O)Nc1ccc(C(=O)c2ccccc2)cc1. The molecule has 0 spiro atoms. The average molecular weight is 425 g/mol. The number of unbranched alkanes of at least 4 members (excludes halogenated alkanes) is 2. The molecule has 7 nitrogen and oxygen atoms in total. The van der Waals surface area contributed by atoms with Gasteiger partial charge in [-0.3, -0.25) is 14.4 Å². The van der Waals surface area contributed by atoms with E-state index in [-0.39, 0.29) is 17.6 Å². The molecule has 0 aliphatic rings. The first-order chi connectivity index (χ1) is 15.0. The molecule has 2 aromatic rings. The van der Waals surface area contributed by atoms with Crippen molar-refractivity contribution < 1.29 is 14.4 Å². The second-order valence-electron chi connectivity index (χ2n) is 7.41. The van der Waals surface area contributed by atoms with Crippen molar-refractivity contribution in [2.45, 2.75) is 44.6 Å². The van der Waals surface area contributed by atoms with Gasteiger partial charge in [0, 0.05) is 23.2 Å². The number of carbonyl (C=O) groups excluding carboxylic acids is 3. The quantitative estimate of drug-likeness (QED) is 0.290. The van der Waals surface area contributed by atoms with E-state index in [0.29, 0.717) is 49.2 Å². The first kappa shape index (κ1) is 24.2. The summed E-state index contributed by atoms with van der Waals surface area (Å²) >= 11 is 0. The number of anilines is 1. The number of hydrogen-bond acceptors (Lipinski definition) is 5. The van der Waals surface area contributed by atoms with Crippen molar-refractivity contribution in [1.29, 1.82) is 0 Å². The molecule has 0 radical (unpaired) electrons. The molecule has 0 aliphatic heterocycles. The maximum Gasteiger partial charge on any atom is 0.246 e. The Morgan fingerprint density at radius 1 is 0.774 bits per heavy atom. The number of carbonyl (C=O) groups is 3. The molecule has 166 valence electrons. The molecular weight excluding hydrogens is 392 g/mol. The highest BCUT2D eigenvalue weighted by Gasteiger charge is 2.20. The van der Waals surface area contributed by atoms with Crippen LogP contribution in [-0.4, -0.2) is 36.7 Å². The number of ketones is 1. The standard InChI is InChI=1S/C24H32N4O3/c25-16-6-4-10-21(28-22(29)11-5-7-17-26)24(31)27-20-14-12-19(13-15-20)23(30)18-8-2-1-3-9-18/h1-3,8-9,12-15,21H,4-7,10-11,16-17,25-26H2,(H,27,31)(H,28,29)/t21-/m0/s1. The monoisotopic (exact) mass is 424 g/mol. The molecule has 6 N–H and O–H groups in total. The lowest BCUT2D eigenvalue weighted by atomic mass is 10.0. The third-order valence-electron chi connectivity index (χ3n) is 4.91. The van der Waals surface area contributed by atoms with Crippen molar-refractivity contribution in [3.05, 3.63) is 65.7 Å². The van der Waals surface area contributed by atoms with Gasteiger partial charge in [0.1, 0.15) is 6.04 Å². The zero-order chi connectivity index (χ0) is 22.5. The van der Waals surface area contributed by atoms with Gasteiger partial charge in [0.2, 0.25) is 11.8 Å². The maximum absolute atomic E-state index is 12.8. The number of rotatable bonds is 13. The number of benzene rings is 2. The molecule has 0 saturated heterocycles. The molecule has 0 aromatic heterocycles. The molecule has 2 amide bonds. The van der Waals surface area contributed by atoms with Crippen LogP contribution in [0, 0.1) is 0 Å². The third-order valence-corrected chi connectivity index (χ3v) is 4.91. The Hall–Kier alpha value is -3.03. The average Bonchev–Trinajstić information content (AvgIpc) is 2.79. The molecule has 7 heteroatoms. The Balaban J connectivity index is 1.99. The summed E-state index contributed by atoms with van der Waals surface area (Å²) < 4.78 is 0. The van der Waals surface area contributed by atoms with E-state index in [1.165, 1.54) is 0 Å². The van der Waals surface area contributed by atoms with E-state index < -0.39 is 6.04 Å². The van der Waals surface area contributed by atoms with Crippen LogP contribution in [0.5, 0.6) is 0 Å². The highest BCUT2D eigenvalue weighted by Crippen LogP contribution is 2.15. The number of amides is 2. The fourth-order valence-corrected chi connectivity index (χ4v) is 3.15. The van der Waals surface area contributed by atoms with Gasteiger partial charge in [-0.2, -0.15) is 0 Å². The summed E-state index contributed by atoms with van der Waals surface area (Å²) in [5.41, 5.74) is 12.7. The molecule has 0 saturated carbocycles. The van der Waals surface area contributed by atoms with Gasteiger partial charge in [-0.15, -0.1) is 0 Å². The molecule has 0 unspecified atom stereocenters. The van der Waals surface area contributed by atoms with Crippen molar-refractivity contribution in [1.82, 2.24) is 5.32 Å². The van der Waals surface area contributed by atoms with Crippen LogP contribution in [0.25, 0.3) is 0 Å². The van der Waals surface area contributed by atoms with Gasteiger partial charge in [0.25, 0.3) is 0 Å². The summed E-state index contributed by atoms with van der Waals surface area (Å²) in [7, 11) is 0. The van der Waals surface area contributed by atoms with Crippen LogP contribution in [0.15, 0.2) is 54.6 Å². The second kappa shape index (κ2) is 13.3. The van der Waals surface area contributed by atoms with Gasteiger partial charge in [-0.1, -0.05) is 30.3 Å². The lowest BCUT2D eigenvalue weighted by Crippen LogP contribution is -2.43. The molecule has 31 heavy (non-hydrogen) atoms. The van der Waals surface area contributed by atoms with E-state index in [2.05, 4.69) is 10.6 Å². The van der Waals surface area contributed by atoms with Crippen LogP contribution in [0.1, 0.15) is 54.4 Å². The van der Waals surface area contributed by atoms with E-state index in [1.807, 2.05) is 18.2 Å². The molecule has 0 aliphatic carbocycles. The lowest BCUT2D eigenvalue weighted by Gasteiger charge is -2.18. The Morgan fingerprint density at radius 3 is 2.03 bits per heavy atom. The predicted octanol–water partition coefficient (Wildman–Crippen LogP) is 2.60. The molecule has 2 rings (SSSR count). The molecule has 0 bridgehead atoms. The smallest absolute Gasteiger partial charge is 0.246 e. The molecule has 0 heterocycles. The minimum absolute atomic E-state index is 0.0807. The summed E-state index contributed by atoms with van der Waals surface area (Å²) in [5.74, 6) is -0.528. The van der Waals surface area contributed by atoms with Gasteiger partial charge in [0.05, 0.1) is 0 Å².